The van der Waals surface area contributed by atoms with Crippen LogP contribution in [0.4, 0.5) is 0 Å². The Morgan fingerprint density at radius 3 is 2.50 bits per heavy atom. The molecule has 1 heterocycles. The maximum absolute atomic E-state index is 11.1. The third-order valence-electron chi connectivity index (χ3n) is 2.31. The van der Waals surface area contributed by atoms with Crippen molar-refractivity contribution < 1.29 is 13.5 Å². The number of nitrogens with two attached hydrogens (primary N) is 1. The number of hydrogen-bond acceptors (Lipinski definition) is 4. The summed E-state index contributed by atoms with van der Waals surface area (Å²) in [6.07, 6.45) is -1.22. The van der Waals surface area contributed by atoms with Gasteiger partial charge in [-0.1, -0.05) is 0 Å². The van der Waals surface area contributed by atoms with Crippen LogP contribution in [0.3, 0.4) is 0 Å². The topological polar surface area (TPSA) is 93.3 Å². The summed E-state index contributed by atoms with van der Waals surface area (Å²) < 4.78 is 23.0. The van der Waals surface area contributed by atoms with Crippen molar-refractivity contribution >= 4 is 26.0 Å². The molecule has 0 radical (unpaired) electrons. The average molecular weight is 309 g/mol. The Labute approximate surface area is 103 Å². The molecule has 90 valence electrons. The summed E-state index contributed by atoms with van der Waals surface area (Å²) in [5.74, 6) is 0. The minimum Gasteiger partial charge on any atom is -0.385 e. The molecule has 0 aliphatic carbocycles. The van der Waals surface area contributed by atoms with Gasteiger partial charge in [-0.2, -0.15) is 0 Å². The fourth-order valence-electron chi connectivity index (χ4n) is 1.15. The fourth-order valence-corrected chi connectivity index (χ4v) is 1.87. The highest BCUT2D eigenvalue weighted by atomic mass is 79.9. The summed E-state index contributed by atoms with van der Waals surface area (Å²) in [7, 11) is -3.77. The summed E-state index contributed by atoms with van der Waals surface area (Å²) in [5, 5.41) is 13.7. The van der Waals surface area contributed by atoms with Crippen LogP contribution >= 0.6 is 15.9 Å². The standard InChI is InChI=1S/C9H13BrN2O3S/c1-5-7(10)3-4-8(12-5)9(13)6(2)16(11,14)15/h3-4,6,9,13H,1-2H3,(H2,11,14,15)/t6-,9+/m1/s1. The van der Waals surface area contributed by atoms with E-state index in [0.717, 1.165) is 4.47 Å². The predicted molar refractivity (Wildman–Crippen MR) is 64.2 cm³/mol. The maximum atomic E-state index is 11.1. The lowest BCUT2D eigenvalue weighted by atomic mass is 10.1. The third-order valence-corrected chi connectivity index (χ3v) is 4.44. The number of primary sulfonamides is 1. The first-order valence-electron chi connectivity index (χ1n) is 4.56. The second-order valence-corrected chi connectivity index (χ2v) is 6.32. The monoisotopic (exact) mass is 308 g/mol. The summed E-state index contributed by atoms with van der Waals surface area (Å²) >= 11 is 3.27. The van der Waals surface area contributed by atoms with Crippen LogP contribution in [0.5, 0.6) is 0 Å². The lowest BCUT2D eigenvalue weighted by molar-refractivity contribution is 0.171. The molecule has 1 aromatic rings. The van der Waals surface area contributed by atoms with Gasteiger partial charge in [0, 0.05) is 4.47 Å². The van der Waals surface area contributed by atoms with E-state index in [1.54, 1.807) is 19.1 Å². The molecule has 7 heteroatoms. The normalized spacial score (nSPS) is 15.8. The van der Waals surface area contributed by atoms with Crippen LogP contribution in [0, 0.1) is 6.92 Å². The number of nitrogens with zero attached hydrogens (tertiary/aromatic N) is 1. The van der Waals surface area contributed by atoms with Crippen molar-refractivity contribution in [2.24, 2.45) is 5.14 Å². The maximum Gasteiger partial charge on any atom is 0.214 e. The molecule has 0 aromatic carbocycles. The van der Waals surface area contributed by atoms with Gasteiger partial charge in [0.1, 0.15) is 11.4 Å². The highest BCUT2D eigenvalue weighted by molar-refractivity contribution is 9.10. The first-order chi connectivity index (χ1) is 7.23. The summed E-state index contributed by atoms with van der Waals surface area (Å²) in [4.78, 5) is 4.09. The van der Waals surface area contributed by atoms with Gasteiger partial charge in [-0.15, -0.1) is 0 Å². The molecule has 16 heavy (non-hydrogen) atoms. The van der Waals surface area contributed by atoms with Crippen molar-refractivity contribution in [1.29, 1.82) is 0 Å². The fraction of sp³-hybridized carbons (Fsp3) is 0.444. The van der Waals surface area contributed by atoms with Crippen LogP contribution in [0.1, 0.15) is 24.4 Å². The first kappa shape index (κ1) is 13.6. The minimum absolute atomic E-state index is 0.294. The van der Waals surface area contributed by atoms with Crippen LogP contribution in [-0.2, 0) is 10.0 Å². The zero-order chi connectivity index (χ0) is 12.5. The molecule has 1 aromatic heterocycles. The molecule has 0 saturated carbocycles. The van der Waals surface area contributed by atoms with E-state index in [1.807, 2.05) is 0 Å². The summed E-state index contributed by atoms with van der Waals surface area (Å²) in [6, 6.07) is 3.26. The van der Waals surface area contributed by atoms with Crippen molar-refractivity contribution in [3.63, 3.8) is 0 Å². The number of aliphatic hydroxyl groups excluding tert-OH is 1. The van der Waals surface area contributed by atoms with Crippen LogP contribution in [0.2, 0.25) is 0 Å². The highest BCUT2D eigenvalue weighted by Crippen LogP contribution is 2.22. The van der Waals surface area contributed by atoms with Crippen molar-refractivity contribution in [1.82, 2.24) is 4.98 Å². The molecule has 3 N–H and O–H groups in total. The molecule has 2 atom stereocenters. The molecule has 1 rings (SSSR count). The number of hydrogen-bond donors (Lipinski definition) is 2. The number of aliphatic hydroxyl groups is 1. The van der Waals surface area contributed by atoms with E-state index in [4.69, 9.17) is 5.14 Å². The van der Waals surface area contributed by atoms with Gasteiger partial charge >= 0.3 is 0 Å². The Morgan fingerprint density at radius 1 is 1.50 bits per heavy atom. The third kappa shape index (κ3) is 3.00. The number of pyridine rings is 1. The van der Waals surface area contributed by atoms with Gasteiger partial charge in [-0.3, -0.25) is 4.98 Å². The quantitative estimate of drug-likeness (QED) is 0.866. The molecule has 0 amide bonds. The number of rotatable bonds is 3. The van der Waals surface area contributed by atoms with Gasteiger partial charge in [0.05, 0.1) is 11.4 Å². The molecule has 0 aliphatic rings. The first-order valence-corrected chi connectivity index (χ1v) is 6.96. The summed E-state index contributed by atoms with van der Waals surface area (Å²) in [6.45, 7) is 3.10. The Hall–Kier alpha value is -0.500. The van der Waals surface area contributed by atoms with E-state index in [1.165, 1.54) is 6.92 Å². The smallest absolute Gasteiger partial charge is 0.214 e. The Morgan fingerprint density at radius 2 is 2.06 bits per heavy atom. The van der Waals surface area contributed by atoms with Gasteiger partial charge in [0.15, 0.2) is 0 Å². The zero-order valence-electron chi connectivity index (χ0n) is 8.88. The number of aromatic nitrogens is 1. The van der Waals surface area contributed by atoms with Gasteiger partial charge in [-0.05, 0) is 41.9 Å². The van der Waals surface area contributed by atoms with E-state index in [0.29, 0.717) is 11.4 Å². The minimum atomic E-state index is -3.77. The van der Waals surface area contributed by atoms with Gasteiger partial charge in [-0.25, -0.2) is 13.6 Å². The molecule has 0 unspecified atom stereocenters. The number of sulfonamides is 1. The van der Waals surface area contributed by atoms with Crippen molar-refractivity contribution in [3.05, 3.63) is 28.0 Å². The molecule has 0 saturated heterocycles. The zero-order valence-corrected chi connectivity index (χ0v) is 11.3. The molecule has 0 aliphatic heterocycles. The predicted octanol–water partition coefficient (Wildman–Crippen LogP) is 0.863. The van der Waals surface area contributed by atoms with Crippen LogP contribution in [0.15, 0.2) is 16.6 Å². The van der Waals surface area contributed by atoms with Crippen molar-refractivity contribution in [2.75, 3.05) is 0 Å². The van der Waals surface area contributed by atoms with Crippen molar-refractivity contribution in [2.45, 2.75) is 25.2 Å². The number of aryl methyl sites for hydroxylation is 1. The Bertz CT molecular complexity index is 490. The lowest BCUT2D eigenvalue weighted by Gasteiger charge is -2.16. The SMILES string of the molecule is Cc1nc([C@@H](O)[C@@H](C)S(N)(=O)=O)ccc1Br. The molecular weight excluding hydrogens is 296 g/mol. The largest absolute Gasteiger partial charge is 0.385 e. The average Bonchev–Trinajstić information content (AvgIpc) is 2.18. The van der Waals surface area contributed by atoms with Crippen LogP contribution in [-0.4, -0.2) is 23.8 Å². The van der Waals surface area contributed by atoms with E-state index < -0.39 is 21.4 Å². The number of halogens is 1. The molecule has 0 spiro atoms. The van der Waals surface area contributed by atoms with Crippen LogP contribution < -0.4 is 5.14 Å². The summed E-state index contributed by atoms with van der Waals surface area (Å²) in [5.41, 5.74) is 0.973. The molecular formula is C9H13BrN2O3S. The van der Waals surface area contributed by atoms with Crippen LogP contribution in [0.25, 0.3) is 0 Å². The highest BCUT2D eigenvalue weighted by Gasteiger charge is 2.27. The second kappa shape index (κ2) is 4.79. The van der Waals surface area contributed by atoms with E-state index in [-0.39, 0.29) is 0 Å². The Balaban J connectivity index is 3.06. The van der Waals surface area contributed by atoms with Gasteiger partial charge in [0.25, 0.3) is 0 Å². The van der Waals surface area contributed by atoms with Gasteiger partial charge < -0.3 is 5.11 Å². The lowest BCUT2D eigenvalue weighted by Crippen LogP contribution is -2.31. The van der Waals surface area contributed by atoms with E-state index in [9.17, 15) is 13.5 Å². The Kier molecular flexibility index (Phi) is 4.06. The molecule has 0 fully saturated rings. The molecule has 5 nitrogen and oxygen atoms in total. The van der Waals surface area contributed by atoms with E-state index >= 15 is 0 Å². The van der Waals surface area contributed by atoms with E-state index in [2.05, 4.69) is 20.9 Å². The molecule has 0 bridgehead atoms. The second-order valence-electron chi connectivity index (χ2n) is 3.54. The van der Waals surface area contributed by atoms with Crippen molar-refractivity contribution in [3.8, 4) is 0 Å². The van der Waals surface area contributed by atoms with Gasteiger partial charge in [0.2, 0.25) is 10.0 Å².